The number of hydrogen-bond acceptors (Lipinski definition) is 3. The smallest absolute Gasteiger partial charge is 0.326 e. The summed E-state index contributed by atoms with van der Waals surface area (Å²) < 4.78 is 5.17. The zero-order chi connectivity index (χ0) is 14.1. The summed E-state index contributed by atoms with van der Waals surface area (Å²) in [6.45, 7) is 3.99. The summed E-state index contributed by atoms with van der Waals surface area (Å²) in [5.41, 5.74) is 4.99. The van der Waals surface area contributed by atoms with Crippen LogP contribution in [0.5, 0.6) is 0 Å². The number of amides is 2. The Labute approximate surface area is 117 Å². The quantitative estimate of drug-likeness (QED) is 0.879. The molecule has 3 rings (SSSR count). The Kier molecular flexibility index (Phi) is 3.18. The van der Waals surface area contributed by atoms with E-state index >= 15 is 0 Å². The van der Waals surface area contributed by atoms with Crippen LogP contribution in [0.3, 0.4) is 0 Å². The third-order valence-corrected chi connectivity index (χ3v) is 3.57. The monoisotopic (exact) mass is 271 g/mol. The minimum absolute atomic E-state index is 0.303. The fourth-order valence-electron chi connectivity index (χ4n) is 2.54. The molecule has 0 fully saturated rings. The first-order chi connectivity index (χ1) is 9.63. The maximum Gasteiger partial charge on any atom is 0.326 e. The summed E-state index contributed by atoms with van der Waals surface area (Å²) in [6.07, 6.45) is 2.92. The number of nitrogens with zero attached hydrogens (tertiary/aromatic N) is 1. The van der Waals surface area contributed by atoms with Gasteiger partial charge in [-0.2, -0.15) is 0 Å². The van der Waals surface area contributed by atoms with Gasteiger partial charge in [0.05, 0.1) is 5.69 Å². The highest BCUT2D eigenvalue weighted by molar-refractivity contribution is 5.99. The normalized spacial score (nSPS) is 13.1. The number of anilines is 2. The number of hydrogen-bond donors (Lipinski definition) is 2. The molecule has 1 heterocycles. The molecule has 0 unspecified atom stereocenters. The number of nitrogens with one attached hydrogen (secondary N) is 2. The number of fused-ring (bicyclic) bond motifs is 1. The third kappa shape index (κ3) is 2.39. The number of rotatable bonds is 2. The SMILES string of the molecule is Cc1ccc(NC(=O)Nc2onc3c2CCC3)c(C)c1. The van der Waals surface area contributed by atoms with Crippen molar-refractivity contribution in [3.05, 3.63) is 40.6 Å². The number of benzene rings is 1. The molecule has 0 atom stereocenters. The van der Waals surface area contributed by atoms with Crippen molar-refractivity contribution < 1.29 is 9.32 Å². The Morgan fingerprint density at radius 3 is 2.90 bits per heavy atom. The van der Waals surface area contributed by atoms with Crippen LogP contribution in [0.2, 0.25) is 0 Å². The minimum Gasteiger partial charge on any atom is -0.338 e. The number of aromatic nitrogens is 1. The summed E-state index contributed by atoms with van der Waals surface area (Å²) in [5.74, 6) is 0.472. The second-order valence-corrected chi connectivity index (χ2v) is 5.19. The van der Waals surface area contributed by atoms with Crippen molar-refractivity contribution in [3.63, 3.8) is 0 Å². The standard InChI is InChI=1S/C15H17N3O2/c1-9-6-7-12(10(2)8-9)16-15(19)17-14-11-4-3-5-13(11)18-20-14/h6-8H,3-5H2,1-2H3,(H2,16,17,19). The van der Waals surface area contributed by atoms with Gasteiger partial charge in [-0.3, -0.25) is 5.32 Å². The van der Waals surface area contributed by atoms with Crippen molar-refractivity contribution in [1.29, 1.82) is 0 Å². The first-order valence-corrected chi connectivity index (χ1v) is 6.76. The van der Waals surface area contributed by atoms with Gasteiger partial charge >= 0.3 is 6.03 Å². The van der Waals surface area contributed by atoms with E-state index in [1.807, 2.05) is 32.0 Å². The largest absolute Gasteiger partial charge is 0.338 e. The van der Waals surface area contributed by atoms with Crippen LogP contribution in [0.4, 0.5) is 16.4 Å². The summed E-state index contributed by atoms with van der Waals surface area (Å²) >= 11 is 0. The summed E-state index contributed by atoms with van der Waals surface area (Å²) in [4.78, 5) is 12.0. The van der Waals surface area contributed by atoms with E-state index in [-0.39, 0.29) is 6.03 Å². The molecule has 0 spiro atoms. The minimum atomic E-state index is -0.303. The van der Waals surface area contributed by atoms with Gasteiger partial charge in [-0.15, -0.1) is 0 Å². The molecule has 0 saturated heterocycles. The zero-order valence-electron chi connectivity index (χ0n) is 11.6. The third-order valence-electron chi connectivity index (χ3n) is 3.57. The van der Waals surface area contributed by atoms with E-state index in [1.165, 1.54) is 5.56 Å². The van der Waals surface area contributed by atoms with Crippen molar-refractivity contribution in [1.82, 2.24) is 5.16 Å². The van der Waals surface area contributed by atoms with Crippen LogP contribution >= 0.6 is 0 Å². The molecule has 2 aromatic rings. The van der Waals surface area contributed by atoms with Gasteiger partial charge in [0.2, 0.25) is 5.88 Å². The second kappa shape index (κ2) is 5.00. The molecule has 2 N–H and O–H groups in total. The molecule has 0 bridgehead atoms. The molecule has 1 aliphatic carbocycles. The van der Waals surface area contributed by atoms with E-state index in [0.29, 0.717) is 5.88 Å². The number of carbonyl (C=O) groups is 1. The van der Waals surface area contributed by atoms with Crippen LogP contribution in [-0.4, -0.2) is 11.2 Å². The fraction of sp³-hybridized carbons (Fsp3) is 0.333. The van der Waals surface area contributed by atoms with E-state index in [9.17, 15) is 4.79 Å². The molecule has 1 aromatic heterocycles. The Bertz CT molecular complexity index is 661. The van der Waals surface area contributed by atoms with Crippen molar-refractivity contribution in [2.45, 2.75) is 33.1 Å². The van der Waals surface area contributed by atoms with Crippen molar-refractivity contribution in [2.24, 2.45) is 0 Å². The van der Waals surface area contributed by atoms with Gasteiger partial charge in [0.1, 0.15) is 0 Å². The van der Waals surface area contributed by atoms with E-state index in [0.717, 1.165) is 41.8 Å². The van der Waals surface area contributed by atoms with Crippen molar-refractivity contribution >= 4 is 17.6 Å². The topological polar surface area (TPSA) is 67.2 Å². The summed E-state index contributed by atoms with van der Waals surface area (Å²) in [7, 11) is 0. The van der Waals surface area contributed by atoms with E-state index < -0.39 is 0 Å². The predicted molar refractivity (Wildman–Crippen MR) is 77.1 cm³/mol. The van der Waals surface area contributed by atoms with Crippen LogP contribution in [0.25, 0.3) is 0 Å². The Hall–Kier alpha value is -2.30. The molecule has 1 aromatic carbocycles. The molecular weight excluding hydrogens is 254 g/mol. The van der Waals surface area contributed by atoms with Gasteiger partial charge in [0.15, 0.2) is 0 Å². The zero-order valence-corrected chi connectivity index (χ0v) is 11.6. The molecule has 0 saturated carbocycles. The Morgan fingerprint density at radius 2 is 2.10 bits per heavy atom. The number of carbonyl (C=O) groups excluding carboxylic acids is 1. The van der Waals surface area contributed by atoms with Gasteiger partial charge < -0.3 is 9.84 Å². The molecule has 104 valence electrons. The number of urea groups is 1. The molecule has 2 amide bonds. The van der Waals surface area contributed by atoms with Crippen LogP contribution in [0, 0.1) is 13.8 Å². The number of aryl methyl sites for hydroxylation is 3. The van der Waals surface area contributed by atoms with Crippen molar-refractivity contribution in [2.75, 3.05) is 10.6 Å². The lowest BCUT2D eigenvalue weighted by atomic mass is 10.1. The highest BCUT2D eigenvalue weighted by Gasteiger charge is 2.22. The molecule has 20 heavy (non-hydrogen) atoms. The van der Waals surface area contributed by atoms with Gasteiger partial charge in [-0.05, 0) is 44.7 Å². The molecule has 5 heteroatoms. The fourth-order valence-corrected chi connectivity index (χ4v) is 2.54. The molecular formula is C15H17N3O2. The average molecular weight is 271 g/mol. The molecule has 5 nitrogen and oxygen atoms in total. The van der Waals surface area contributed by atoms with E-state index in [4.69, 9.17) is 4.52 Å². The van der Waals surface area contributed by atoms with Crippen LogP contribution < -0.4 is 10.6 Å². The van der Waals surface area contributed by atoms with Gasteiger partial charge in [0, 0.05) is 11.3 Å². The first-order valence-electron chi connectivity index (χ1n) is 6.76. The van der Waals surface area contributed by atoms with Crippen LogP contribution in [-0.2, 0) is 12.8 Å². The lowest BCUT2D eigenvalue weighted by molar-refractivity contribution is 0.261. The second-order valence-electron chi connectivity index (χ2n) is 5.19. The molecule has 1 aliphatic rings. The maximum absolute atomic E-state index is 12.0. The Balaban J connectivity index is 1.70. The lowest BCUT2D eigenvalue weighted by Crippen LogP contribution is -2.20. The lowest BCUT2D eigenvalue weighted by Gasteiger charge is -2.09. The van der Waals surface area contributed by atoms with Crippen LogP contribution in [0.15, 0.2) is 22.7 Å². The van der Waals surface area contributed by atoms with E-state index in [2.05, 4.69) is 15.8 Å². The molecule has 0 radical (unpaired) electrons. The summed E-state index contributed by atoms with van der Waals surface area (Å²) in [5, 5.41) is 9.53. The highest BCUT2D eigenvalue weighted by Crippen LogP contribution is 2.28. The highest BCUT2D eigenvalue weighted by atomic mass is 16.5. The Morgan fingerprint density at radius 1 is 1.25 bits per heavy atom. The van der Waals surface area contributed by atoms with Gasteiger partial charge in [-0.1, -0.05) is 22.9 Å². The first kappa shape index (κ1) is 12.7. The summed E-state index contributed by atoms with van der Waals surface area (Å²) in [6, 6.07) is 5.59. The van der Waals surface area contributed by atoms with Gasteiger partial charge in [0.25, 0.3) is 0 Å². The predicted octanol–water partition coefficient (Wildman–Crippen LogP) is 3.42. The van der Waals surface area contributed by atoms with Crippen LogP contribution in [0.1, 0.15) is 28.8 Å². The van der Waals surface area contributed by atoms with E-state index in [1.54, 1.807) is 0 Å². The maximum atomic E-state index is 12.0. The van der Waals surface area contributed by atoms with Gasteiger partial charge in [-0.25, -0.2) is 4.79 Å². The average Bonchev–Trinajstić information content (AvgIpc) is 2.98. The van der Waals surface area contributed by atoms with Crippen molar-refractivity contribution in [3.8, 4) is 0 Å². The molecule has 0 aliphatic heterocycles.